The van der Waals surface area contributed by atoms with Gasteiger partial charge in [0.15, 0.2) is 0 Å². The summed E-state index contributed by atoms with van der Waals surface area (Å²) in [5.74, 6) is 0.570. The van der Waals surface area contributed by atoms with Gasteiger partial charge in [-0.25, -0.2) is 0 Å². The molecule has 1 saturated carbocycles. The average Bonchev–Trinajstić information content (AvgIpc) is 3.56. The lowest BCUT2D eigenvalue weighted by molar-refractivity contribution is 0.0744. The van der Waals surface area contributed by atoms with Crippen molar-refractivity contribution in [3.05, 3.63) is 77.5 Å². The molecule has 2 aromatic carbocycles. The molecular formula is C23H27Cl2N3O. The molecule has 0 saturated heterocycles. The minimum atomic E-state index is 0. The van der Waals surface area contributed by atoms with Crippen molar-refractivity contribution in [2.24, 2.45) is 5.73 Å². The first-order chi connectivity index (χ1) is 13.3. The maximum absolute atomic E-state index is 13.5. The van der Waals surface area contributed by atoms with Crippen LogP contribution >= 0.6 is 24.8 Å². The number of hydrogen-bond acceptors (Lipinski definition) is 3. The van der Waals surface area contributed by atoms with Gasteiger partial charge in [-0.15, -0.1) is 24.8 Å². The molecule has 1 fully saturated rings. The third-order valence-corrected chi connectivity index (χ3v) is 5.10. The van der Waals surface area contributed by atoms with Crippen molar-refractivity contribution in [2.75, 3.05) is 13.1 Å². The van der Waals surface area contributed by atoms with E-state index in [0.717, 1.165) is 34.1 Å². The summed E-state index contributed by atoms with van der Waals surface area (Å²) in [5, 5.41) is 0.928. The Kier molecular flexibility index (Phi) is 8.45. The summed E-state index contributed by atoms with van der Waals surface area (Å²) in [6.45, 7) is 1.82. The van der Waals surface area contributed by atoms with Gasteiger partial charge in [-0.1, -0.05) is 48.5 Å². The molecule has 1 heterocycles. The quantitative estimate of drug-likeness (QED) is 0.575. The summed E-state index contributed by atoms with van der Waals surface area (Å²) in [6, 6.07) is 20.1. The number of hydrogen-bond donors (Lipinski definition) is 1. The molecule has 0 bridgehead atoms. The molecule has 4 rings (SSSR count). The van der Waals surface area contributed by atoms with Crippen LogP contribution in [-0.2, 0) is 6.54 Å². The monoisotopic (exact) mass is 431 g/mol. The topological polar surface area (TPSA) is 59.2 Å². The number of pyridine rings is 1. The van der Waals surface area contributed by atoms with Crippen LogP contribution in [0.1, 0.15) is 46.8 Å². The van der Waals surface area contributed by atoms with Gasteiger partial charge >= 0.3 is 0 Å². The third kappa shape index (κ3) is 5.47. The number of nitrogens with zero attached hydrogens (tertiary/aromatic N) is 2. The van der Waals surface area contributed by atoms with Crippen molar-refractivity contribution in [1.29, 1.82) is 0 Å². The Balaban J connectivity index is 0.00000150. The number of amides is 1. The number of carbonyl (C=O) groups is 1. The first-order valence-corrected chi connectivity index (χ1v) is 9.69. The standard InChI is InChI=1S/C23H25N3O.2ClH/c24-13-6-14-26(16-17-7-2-1-3-8-17)23(27)20-15-22(18-11-12-18)25-21-10-5-4-9-19(20)21;;/h1-5,7-10,15,18H,6,11-14,16,24H2;2*1H. The number of halogens is 2. The maximum atomic E-state index is 13.5. The molecule has 1 aliphatic rings. The Morgan fingerprint density at radius 3 is 2.41 bits per heavy atom. The van der Waals surface area contributed by atoms with E-state index in [4.69, 9.17) is 10.7 Å². The molecule has 29 heavy (non-hydrogen) atoms. The van der Waals surface area contributed by atoms with Crippen molar-refractivity contribution >= 4 is 41.6 Å². The fourth-order valence-electron chi connectivity index (χ4n) is 3.47. The number of carbonyl (C=O) groups excluding carboxylic acids is 1. The van der Waals surface area contributed by atoms with Crippen molar-refractivity contribution < 1.29 is 4.79 Å². The van der Waals surface area contributed by atoms with E-state index in [1.54, 1.807) is 0 Å². The van der Waals surface area contributed by atoms with E-state index in [2.05, 4.69) is 12.1 Å². The largest absolute Gasteiger partial charge is 0.334 e. The smallest absolute Gasteiger partial charge is 0.254 e. The van der Waals surface area contributed by atoms with E-state index in [1.165, 1.54) is 12.8 Å². The Morgan fingerprint density at radius 2 is 1.72 bits per heavy atom. The van der Waals surface area contributed by atoms with Crippen LogP contribution in [0.25, 0.3) is 10.9 Å². The summed E-state index contributed by atoms with van der Waals surface area (Å²) in [6.07, 6.45) is 3.12. The predicted octanol–water partition coefficient (Wildman–Crippen LogP) is 4.95. The van der Waals surface area contributed by atoms with Crippen LogP contribution in [0.3, 0.4) is 0 Å². The molecule has 1 aromatic heterocycles. The number of benzene rings is 2. The van der Waals surface area contributed by atoms with Crippen LogP contribution in [0.2, 0.25) is 0 Å². The van der Waals surface area contributed by atoms with Gasteiger partial charge < -0.3 is 10.6 Å². The zero-order valence-electron chi connectivity index (χ0n) is 16.3. The molecule has 3 aromatic rings. The third-order valence-electron chi connectivity index (χ3n) is 5.10. The zero-order valence-corrected chi connectivity index (χ0v) is 17.9. The Labute approximate surface area is 184 Å². The van der Waals surface area contributed by atoms with Crippen molar-refractivity contribution in [2.45, 2.75) is 31.7 Å². The van der Waals surface area contributed by atoms with Crippen LogP contribution in [0.5, 0.6) is 0 Å². The lowest BCUT2D eigenvalue weighted by Gasteiger charge is -2.24. The second kappa shape index (κ2) is 10.6. The summed E-state index contributed by atoms with van der Waals surface area (Å²) >= 11 is 0. The Hall–Kier alpha value is -2.14. The van der Waals surface area contributed by atoms with E-state index >= 15 is 0 Å². The molecule has 154 valence electrons. The molecule has 0 atom stereocenters. The number of fused-ring (bicyclic) bond motifs is 1. The fraction of sp³-hybridized carbons (Fsp3) is 0.304. The molecular weight excluding hydrogens is 405 g/mol. The summed E-state index contributed by atoms with van der Waals surface area (Å²) in [4.78, 5) is 20.2. The van der Waals surface area contributed by atoms with Crippen molar-refractivity contribution in [1.82, 2.24) is 9.88 Å². The molecule has 6 heteroatoms. The van der Waals surface area contributed by atoms with Crippen LogP contribution in [0.15, 0.2) is 60.7 Å². The van der Waals surface area contributed by atoms with E-state index < -0.39 is 0 Å². The number of para-hydroxylation sites is 1. The normalized spacial score (nSPS) is 12.7. The number of rotatable bonds is 7. The average molecular weight is 432 g/mol. The fourth-order valence-corrected chi connectivity index (χ4v) is 3.47. The van der Waals surface area contributed by atoms with Crippen molar-refractivity contribution in [3.8, 4) is 0 Å². The predicted molar refractivity (Wildman–Crippen MR) is 123 cm³/mol. The molecule has 2 N–H and O–H groups in total. The van der Waals surface area contributed by atoms with E-state index in [1.807, 2.05) is 53.4 Å². The van der Waals surface area contributed by atoms with Crippen molar-refractivity contribution in [3.63, 3.8) is 0 Å². The van der Waals surface area contributed by atoms with Gasteiger partial charge in [0.25, 0.3) is 5.91 Å². The molecule has 4 nitrogen and oxygen atoms in total. The summed E-state index contributed by atoms with van der Waals surface area (Å²) in [7, 11) is 0. The highest BCUT2D eigenvalue weighted by Crippen LogP contribution is 2.40. The van der Waals surface area contributed by atoms with Gasteiger partial charge in [0.1, 0.15) is 0 Å². The lowest BCUT2D eigenvalue weighted by atomic mass is 10.0. The highest BCUT2D eigenvalue weighted by Gasteiger charge is 2.28. The maximum Gasteiger partial charge on any atom is 0.254 e. The van der Waals surface area contributed by atoms with Gasteiger partial charge in [-0.05, 0) is 43.5 Å². The minimum absolute atomic E-state index is 0. The SMILES string of the molecule is Cl.Cl.NCCCN(Cc1ccccc1)C(=O)c1cc(C2CC2)nc2ccccc12. The molecule has 0 radical (unpaired) electrons. The van der Waals surface area contributed by atoms with Crippen LogP contribution in [-0.4, -0.2) is 28.9 Å². The van der Waals surface area contributed by atoms with Gasteiger partial charge in [-0.3, -0.25) is 9.78 Å². The van der Waals surface area contributed by atoms with Gasteiger partial charge in [0, 0.05) is 30.1 Å². The van der Waals surface area contributed by atoms with E-state index in [0.29, 0.717) is 25.6 Å². The Morgan fingerprint density at radius 1 is 1.03 bits per heavy atom. The second-order valence-corrected chi connectivity index (χ2v) is 7.24. The zero-order chi connectivity index (χ0) is 18.6. The highest BCUT2D eigenvalue weighted by molar-refractivity contribution is 6.06. The Bertz CT molecular complexity index is 945. The first-order valence-electron chi connectivity index (χ1n) is 9.69. The van der Waals surface area contributed by atoms with E-state index in [-0.39, 0.29) is 30.7 Å². The number of aromatic nitrogens is 1. The second-order valence-electron chi connectivity index (χ2n) is 7.24. The van der Waals surface area contributed by atoms with E-state index in [9.17, 15) is 4.79 Å². The number of nitrogens with two attached hydrogens (primary N) is 1. The molecule has 1 aliphatic carbocycles. The van der Waals surface area contributed by atoms with Gasteiger partial charge in [0.2, 0.25) is 0 Å². The molecule has 0 spiro atoms. The first kappa shape index (κ1) is 23.1. The highest BCUT2D eigenvalue weighted by atomic mass is 35.5. The summed E-state index contributed by atoms with van der Waals surface area (Å²) < 4.78 is 0. The minimum Gasteiger partial charge on any atom is -0.334 e. The van der Waals surface area contributed by atoms with Crippen LogP contribution < -0.4 is 5.73 Å². The van der Waals surface area contributed by atoms with Crippen LogP contribution in [0.4, 0.5) is 0 Å². The summed E-state index contributed by atoms with van der Waals surface area (Å²) in [5.41, 5.74) is 9.57. The van der Waals surface area contributed by atoms with Gasteiger partial charge in [-0.2, -0.15) is 0 Å². The lowest BCUT2D eigenvalue weighted by Crippen LogP contribution is -2.32. The molecule has 0 unspecified atom stereocenters. The molecule has 0 aliphatic heterocycles. The van der Waals surface area contributed by atoms with Crippen LogP contribution in [0, 0.1) is 0 Å². The molecule has 1 amide bonds. The van der Waals surface area contributed by atoms with Gasteiger partial charge in [0.05, 0.1) is 11.1 Å².